The lowest BCUT2D eigenvalue weighted by Crippen LogP contribution is -2.15. The van der Waals surface area contributed by atoms with Crippen molar-refractivity contribution in [1.82, 2.24) is 0 Å². The Morgan fingerprint density at radius 1 is 0.667 bits per heavy atom. The van der Waals surface area contributed by atoms with Crippen LogP contribution in [0.25, 0.3) is 0 Å². The summed E-state index contributed by atoms with van der Waals surface area (Å²) in [5.74, 6) is -3.56. The lowest BCUT2D eigenvalue weighted by atomic mass is 9.93. The van der Waals surface area contributed by atoms with Crippen LogP contribution >= 0.6 is 0 Å². The molecule has 1 aromatic rings. The number of allylic oxidation sites excluding steroid dienone is 2. The molecule has 0 fully saturated rings. The number of ether oxygens (including phenoxy) is 2. The molecule has 0 aliphatic heterocycles. The summed E-state index contributed by atoms with van der Waals surface area (Å²) in [6.07, 6.45) is -4.22. The molecule has 0 unspecified atom stereocenters. The zero-order valence-corrected chi connectivity index (χ0v) is 11.2. The van der Waals surface area contributed by atoms with E-state index in [2.05, 4.69) is 9.47 Å². The van der Waals surface area contributed by atoms with E-state index >= 15 is 0 Å². The summed E-state index contributed by atoms with van der Waals surface area (Å²) in [5, 5.41) is 0. The van der Waals surface area contributed by atoms with Crippen LogP contribution in [-0.2, 0) is 0 Å². The number of carbonyl (C=O) groups is 2. The van der Waals surface area contributed by atoms with Crippen LogP contribution in [0.5, 0.6) is 11.5 Å². The quantitative estimate of drug-likeness (QED) is 0.595. The minimum absolute atomic E-state index is 0.685. The van der Waals surface area contributed by atoms with Crippen molar-refractivity contribution in [3.8, 4) is 11.5 Å². The molecular weight excluding hydrogens is 346 g/mol. The van der Waals surface area contributed by atoms with E-state index in [1.54, 1.807) is 0 Å². The lowest BCUT2D eigenvalue weighted by molar-refractivity contribution is 0.0986. The van der Waals surface area contributed by atoms with E-state index in [0.29, 0.717) is 12.1 Å². The molecule has 0 N–H and O–H groups in total. The van der Waals surface area contributed by atoms with Gasteiger partial charge < -0.3 is 9.47 Å². The van der Waals surface area contributed by atoms with Gasteiger partial charge in [-0.05, 0) is 24.3 Å². The fourth-order valence-corrected chi connectivity index (χ4v) is 1.81. The highest BCUT2D eigenvalue weighted by Crippen LogP contribution is 2.36. The van der Waals surface area contributed by atoms with Gasteiger partial charge in [-0.15, -0.1) is 0 Å². The third kappa shape index (κ3) is 3.31. The van der Waals surface area contributed by atoms with E-state index in [0.717, 1.165) is 12.2 Å². The van der Waals surface area contributed by atoms with Crippen molar-refractivity contribution in [2.24, 2.45) is 0 Å². The van der Waals surface area contributed by atoms with Crippen LogP contribution in [0.2, 0.25) is 0 Å². The number of fused-ring (bicyclic) bond motifs is 1. The Bertz CT molecular complexity index is 750. The Balaban J connectivity index is 2.62. The monoisotopic (exact) mass is 350 g/mol. The van der Waals surface area contributed by atoms with Crippen molar-refractivity contribution < 1.29 is 45.4 Å². The summed E-state index contributed by atoms with van der Waals surface area (Å²) in [6.45, 7) is 0. The van der Waals surface area contributed by atoms with Gasteiger partial charge in [-0.25, -0.2) is 0 Å². The highest BCUT2D eigenvalue weighted by Gasteiger charge is 2.29. The van der Waals surface area contributed by atoms with Crippen molar-refractivity contribution in [2.45, 2.75) is 0 Å². The molecule has 24 heavy (non-hydrogen) atoms. The fourth-order valence-electron chi connectivity index (χ4n) is 1.81. The molecule has 10 heteroatoms. The fraction of sp³-hybridized carbons (Fsp3) is 0. The number of hydrogen-bond donors (Lipinski definition) is 0. The number of ketones is 2. The molecule has 0 radical (unpaired) electrons. The number of carbonyl (C=O) groups excluding carboxylic acids is 2. The maximum absolute atomic E-state index is 12.9. The summed E-state index contributed by atoms with van der Waals surface area (Å²) in [7, 11) is 0. The van der Waals surface area contributed by atoms with E-state index < -0.39 is 58.4 Å². The zero-order chi connectivity index (χ0) is 18.0. The first-order valence-corrected chi connectivity index (χ1v) is 5.93. The summed E-state index contributed by atoms with van der Waals surface area (Å²) < 4.78 is 82.6. The van der Waals surface area contributed by atoms with Gasteiger partial charge in [0.15, 0.2) is 11.6 Å². The number of benzene rings is 1. The first-order valence-electron chi connectivity index (χ1n) is 5.93. The second-order valence-electron chi connectivity index (χ2n) is 4.15. The Kier molecular flexibility index (Phi) is 4.77. The van der Waals surface area contributed by atoms with Crippen LogP contribution in [0.3, 0.4) is 0 Å². The molecule has 0 aromatic heterocycles. The van der Waals surface area contributed by atoms with Crippen LogP contribution < -0.4 is 9.47 Å². The van der Waals surface area contributed by atoms with Crippen molar-refractivity contribution in [1.29, 1.82) is 0 Å². The average Bonchev–Trinajstić information content (AvgIpc) is 2.51. The molecule has 0 bridgehead atoms. The summed E-state index contributed by atoms with van der Waals surface area (Å²) in [5.41, 5.74) is -1.47. The molecule has 0 atom stereocenters. The Hall–Kier alpha value is -3.04. The van der Waals surface area contributed by atoms with Gasteiger partial charge >= 0.3 is 24.2 Å². The normalized spacial score (nSPS) is 12.6. The predicted octanol–water partition coefficient (Wildman–Crippen LogP) is 4.45. The van der Waals surface area contributed by atoms with E-state index in [4.69, 9.17) is 0 Å². The second-order valence-corrected chi connectivity index (χ2v) is 4.15. The van der Waals surface area contributed by atoms with Crippen molar-refractivity contribution in [3.63, 3.8) is 0 Å². The molecule has 0 heterocycles. The molecule has 4 nitrogen and oxygen atoms in total. The average molecular weight is 350 g/mol. The van der Waals surface area contributed by atoms with Crippen molar-refractivity contribution in [3.05, 3.63) is 59.6 Å². The number of halogens is 6. The van der Waals surface area contributed by atoms with Crippen molar-refractivity contribution in [2.75, 3.05) is 0 Å². The van der Waals surface area contributed by atoms with E-state index in [-0.39, 0.29) is 0 Å². The van der Waals surface area contributed by atoms with Gasteiger partial charge in [0.1, 0.15) is 11.5 Å². The van der Waals surface area contributed by atoms with Crippen LogP contribution in [0.1, 0.15) is 20.7 Å². The molecule has 1 aliphatic rings. The molecule has 1 aliphatic carbocycles. The maximum Gasteiger partial charge on any atom is 0.344 e. The van der Waals surface area contributed by atoms with Gasteiger partial charge in [0, 0.05) is 0 Å². The van der Waals surface area contributed by atoms with Gasteiger partial charge in [-0.3, -0.25) is 9.59 Å². The Morgan fingerprint density at radius 2 is 1.00 bits per heavy atom. The summed E-state index contributed by atoms with van der Waals surface area (Å²) in [4.78, 5) is 23.6. The second kappa shape index (κ2) is 6.60. The van der Waals surface area contributed by atoms with Gasteiger partial charge in [0.05, 0.1) is 11.1 Å². The lowest BCUT2D eigenvalue weighted by Gasteiger charge is -2.16. The van der Waals surface area contributed by atoms with Crippen LogP contribution in [0, 0.1) is 0 Å². The van der Waals surface area contributed by atoms with Gasteiger partial charge in [0.2, 0.25) is 0 Å². The summed E-state index contributed by atoms with van der Waals surface area (Å²) >= 11 is 0. The van der Waals surface area contributed by atoms with E-state index in [9.17, 15) is 35.9 Å². The zero-order valence-electron chi connectivity index (χ0n) is 11.2. The molecule has 0 amide bonds. The summed E-state index contributed by atoms with van der Waals surface area (Å²) in [6, 6.07) is -3.29. The van der Waals surface area contributed by atoms with Gasteiger partial charge in [0.25, 0.3) is 0 Å². The van der Waals surface area contributed by atoms with Crippen LogP contribution in [-0.4, -0.2) is 11.6 Å². The molecule has 0 saturated heterocycles. The first kappa shape index (κ1) is 17.3. The largest absolute Gasteiger partial charge is 0.427 e. The number of hydrogen-bond acceptors (Lipinski definition) is 4. The van der Waals surface area contributed by atoms with Gasteiger partial charge in [-0.2, -0.15) is 26.3 Å². The molecular formula is C14H4F6O4. The third-order valence-electron chi connectivity index (χ3n) is 2.70. The molecule has 126 valence electrons. The molecule has 1 aromatic carbocycles. The van der Waals surface area contributed by atoms with Crippen LogP contribution in [0.15, 0.2) is 48.5 Å². The third-order valence-corrected chi connectivity index (χ3v) is 2.70. The van der Waals surface area contributed by atoms with Gasteiger partial charge in [-0.1, -0.05) is 0 Å². The Morgan fingerprint density at radius 3 is 1.29 bits per heavy atom. The van der Waals surface area contributed by atoms with E-state index in [1.807, 2.05) is 0 Å². The minimum Gasteiger partial charge on any atom is -0.427 e. The molecule has 0 saturated carbocycles. The van der Waals surface area contributed by atoms with E-state index in [1.165, 1.54) is 0 Å². The highest BCUT2D eigenvalue weighted by atomic mass is 19.3. The smallest absolute Gasteiger partial charge is 0.344 e. The maximum atomic E-state index is 12.9. The molecule has 2 rings (SSSR count). The topological polar surface area (TPSA) is 52.6 Å². The van der Waals surface area contributed by atoms with Crippen molar-refractivity contribution >= 4 is 11.6 Å². The molecule has 0 spiro atoms. The SMILES string of the molecule is O=C1C=CC(=O)c2c(OC(F)=C(F)F)ccc(OC(F)=C(F)F)c21. The number of rotatable bonds is 4. The minimum atomic E-state index is -2.83. The Labute approximate surface area is 129 Å². The predicted molar refractivity (Wildman–Crippen MR) is 66.2 cm³/mol. The highest BCUT2D eigenvalue weighted by molar-refractivity contribution is 6.24. The van der Waals surface area contributed by atoms with Crippen LogP contribution in [0.4, 0.5) is 26.3 Å². The standard InChI is InChI=1S/C14H4F6O4/c15-11(16)13(19)23-7-3-4-8(24-14(20)12(17)18)10-6(22)2-1-5(21)9(7)10/h1-4H. The first-order chi connectivity index (χ1) is 11.2.